The van der Waals surface area contributed by atoms with Gasteiger partial charge in [0.2, 0.25) is 0 Å². The number of ether oxygens (including phenoxy) is 2. The van der Waals surface area contributed by atoms with Gasteiger partial charge < -0.3 is 14.0 Å². The number of rotatable bonds is 3. The van der Waals surface area contributed by atoms with Crippen molar-refractivity contribution in [3.05, 3.63) is 128 Å². The molecule has 50 heavy (non-hydrogen) atoms. The molecule has 254 valence electrons. The molecule has 2 atom stereocenters. The number of fused-ring (bicyclic) bond motifs is 7. The third-order valence-corrected chi connectivity index (χ3v) is 11.0. The molecule has 2 aliphatic heterocycles. The van der Waals surface area contributed by atoms with Gasteiger partial charge in [-0.1, -0.05) is 98.8 Å². The van der Waals surface area contributed by atoms with Gasteiger partial charge in [-0.2, -0.15) is 6.07 Å². The summed E-state index contributed by atoms with van der Waals surface area (Å²) in [5.74, 6) is 2.50. The maximum Gasteiger partial charge on any atom is 2.00 e. The minimum atomic E-state index is -1.72. The molecule has 6 aromatic rings. The Morgan fingerprint density at radius 2 is 1.60 bits per heavy atom. The topological polar surface area (TPSA) is 48.6 Å². The number of hydrogen-bond donors (Lipinski definition) is 0. The molecule has 0 N–H and O–H groups in total. The molecular weight excluding hydrogens is 798 g/mol. The zero-order chi connectivity index (χ0) is 35.9. The number of pyridine rings is 1. The van der Waals surface area contributed by atoms with Crippen LogP contribution in [0.5, 0.6) is 11.5 Å². The maximum absolute atomic E-state index is 9.35. The third kappa shape index (κ3) is 4.69. The van der Waals surface area contributed by atoms with Crippen molar-refractivity contribution >= 4 is 27.7 Å². The zero-order valence-electron chi connectivity index (χ0n) is 32.0. The second-order valence-electron chi connectivity index (χ2n) is 15.1. The Balaban J connectivity index is 0.00000387. The molecule has 5 nitrogen and oxygen atoms in total. The van der Waals surface area contributed by atoms with E-state index in [0.717, 1.165) is 50.1 Å². The second kappa shape index (κ2) is 11.1. The van der Waals surface area contributed by atoms with Crippen molar-refractivity contribution in [3.8, 4) is 17.3 Å². The number of aliphatic imine (C=N–C) groups is 1. The molecule has 2 aromatic heterocycles. The van der Waals surface area contributed by atoms with E-state index in [4.69, 9.17) is 19.5 Å². The molecule has 3 aliphatic rings. The Labute approximate surface area is 311 Å². The molecule has 9 rings (SSSR count). The fourth-order valence-electron chi connectivity index (χ4n) is 8.41. The van der Waals surface area contributed by atoms with Crippen LogP contribution in [0.2, 0.25) is 0 Å². The van der Waals surface area contributed by atoms with Gasteiger partial charge >= 0.3 is 21.1 Å². The number of aryl methyl sites for hydroxylation is 6. The number of nitrogens with zero attached hydrogens (tertiary/aromatic N) is 3. The van der Waals surface area contributed by atoms with E-state index in [1.807, 2.05) is 46.0 Å². The maximum atomic E-state index is 9.35. The average molecular weight is 841 g/mol. The van der Waals surface area contributed by atoms with Crippen LogP contribution in [0.25, 0.3) is 27.6 Å². The first-order valence-corrected chi connectivity index (χ1v) is 17.2. The van der Waals surface area contributed by atoms with Crippen molar-refractivity contribution in [3.63, 3.8) is 0 Å². The smallest absolute Gasteiger partial charge is 0.514 e. The summed E-state index contributed by atoms with van der Waals surface area (Å²) in [5, 5.41) is 2.30. The Kier molecular flexibility index (Phi) is 6.82. The van der Waals surface area contributed by atoms with Crippen LogP contribution in [-0.4, -0.2) is 27.1 Å². The zero-order valence-corrected chi connectivity index (χ0v) is 32.2. The molecule has 0 unspecified atom stereocenters. The van der Waals surface area contributed by atoms with Crippen LogP contribution in [0.1, 0.15) is 84.7 Å². The summed E-state index contributed by atoms with van der Waals surface area (Å²) in [7, 11) is 0. The molecule has 1 aliphatic carbocycles. The first kappa shape index (κ1) is 30.6. The van der Waals surface area contributed by atoms with Crippen LogP contribution in [0.15, 0.2) is 59.7 Å². The first-order valence-electron chi connectivity index (χ1n) is 18.2. The fourth-order valence-corrected chi connectivity index (χ4v) is 8.41. The average Bonchev–Trinajstić information content (AvgIpc) is 3.57. The van der Waals surface area contributed by atoms with E-state index in [1.165, 1.54) is 27.6 Å². The van der Waals surface area contributed by atoms with Gasteiger partial charge in [0.15, 0.2) is 0 Å². The summed E-state index contributed by atoms with van der Waals surface area (Å²) in [4.78, 5) is 9.95. The van der Waals surface area contributed by atoms with Crippen LogP contribution < -0.4 is 4.74 Å². The summed E-state index contributed by atoms with van der Waals surface area (Å²) in [5.41, 5.74) is 11.8. The molecule has 6 heteroatoms. The predicted molar refractivity (Wildman–Crippen MR) is 197 cm³/mol. The molecule has 4 heterocycles. The largest absolute Gasteiger partial charge is 2.00 e. The minimum Gasteiger partial charge on any atom is -0.514 e. The van der Waals surface area contributed by atoms with E-state index in [1.54, 1.807) is 0 Å². The molecule has 0 fully saturated rings. The Hall–Kier alpha value is -4.21. The van der Waals surface area contributed by atoms with Crippen molar-refractivity contribution in [1.82, 2.24) is 9.55 Å². The van der Waals surface area contributed by atoms with E-state index in [-0.39, 0.29) is 26.5 Å². The predicted octanol–water partition coefficient (Wildman–Crippen LogP) is 9.76. The van der Waals surface area contributed by atoms with Gasteiger partial charge in [-0.3, -0.25) is 4.99 Å². The van der Waals surface area contributed by atoms with E-state index in [9.17, 15) is 2.74 Å². The van der Waals surface area contributed by atoms with Crippen LogP contribution >= 0.6 is 0 Å². The summed E-state index contributed by atoms with van der Waals surface area (Å²) < 4.78 is 34.3. The molecule has 4 aromatic carbocycles. The van der Waals surface area contributed by atoms with Gasteiger partial charge in [0.05, 0.1) is 5.54 Å². The summed E-state index contributed by atoms with van der Waals surface area (Å²) in [6.07, 6.45) is 0.298. The van der Waals surface area contributed by atoms with Crippen LogP contribution in [0.4, 0.5) is 0 Å². The van der Waals surface area contributed by atoms with Gasteiger partial charge in [-0.15, -0.1) is 28.6 Å². The Morgan fingerprint density at radius 1 is 0.860 bits per heavy atom. The monoisotopic (exact) mass is 840 g/mol. The molecule has 0 amide bonds. The van der Waals surface area contributed by atoms with Crippen LogP contribution in [0, 0.1) is 53.7 Å². The number of hydrogen-bond acceptors (Lipinski definition) is 4. The summed E-state index contributed by atoms with van der Waals surface area (Å²) in [6, 6.07) is 24.3. The van der Waals surface area contributed by atoms with Crippen molar-refractivity contribution < 1.29 is 33.3 Å². The fraction of sp³-hybridized carbons (Fsp3) is 0.318. The van der Waals surface area contributed by atoms with Gasteiger partial charge in [0, 0.05) is 49.7 Å². The summed E-state index contributed by atoms with van der Waals surface area (Å²) >= 11 is 0. The van der Waals surface area contributed by atoms with Crippen molar-refractivity contribution in [2.24, 2.45) is 4.99 Å². The van der Waals surface area contributed by atoms with Crippen molar-refractivity contribution in [2.75, 3.05) is 0 Å². The summed E-state index contributed by atoms with van der Waals surface area (Å²) in [6.45, 7) is 18.8. The van der Waals surface area contributed by atoms with Crippen LogP contribution in [0.3, 0.4) is 0 Å². The SMILES string of the molecule is [2H]C1([2H])c2cc(C)cc(C)c2C[C@@H]2OC(c3[c-]c(Oc4[c-]c5c(cc4C)c4cc(C)cc6c4n5-c4ncccc4C6(C)C)c(C)cc3C)=N[C@]21C.[Pt+2]. The third-order valence-electron chi connectivity index (χ3n) is 11.0. The van der Waals surface area contributed by atoms with E-state index >= 15 is 0 Å². The van der Waals surface area contributed by atoms with E-state index in [0.29, 0.717) is 34.9 Å². The normalized spacial score (nSPS) is 21.3. The first-order chi connectivity index (χ1) is 24.1. The number of benzene rings is 4. The second-order valence-corrected chi connectivity index (χ2v) is 15.1. The molecule has 0 saturated carbocycles. The molecule has 0 bridgehead atoms. The molecule has 0 radical (unpaired) electrons. The molecule has 0 spiro atoms. The minimum absolute atomic E-state index is 0. The number of aromatic nitrogens is 2. The Bertz CT molecular complexity index is 2570. The molecule has 0 saturated heterocycles. The van der Waals surface area contributed by atoms with E-state index < -0.39 is 18.0 Å². The van der Waals surface area contributed by atoms with Crippen molar-refractivity contribution in [1.29, 1.82) is 0 Å². The Morgan fingerprint density at radius 3 is 2.40 bits per heavy atom. The van der Waals surface area contributed by atoms with Gasteiger partial charge in [0.1, 0.15) is 17.8 Å². The quantitative estimate of drug-likeness (QED) is 0.167. The molecular formula is C44H41N3O2Pt. The van der Waals surface area contributed by atoms with E-state index in [2.05, 4.69) is 87.7 Å². The van der Waals surface area contributed by atoms with Crippen LogP contribution in [-0.2, 0) is 44.0 Å². The van der Waals surface area contributed by atoms with Crippen molar-refractivity contribution in [2.45, 2.75) is 92.2 Å². The van der Waals surface area contributed by atoms with Gasteiger partial charge in [-0.25, -0.2) is 4.98 Å². The van der Waals surface area contributed by atoms with Gasteiger partial charge in [-0.05, 0) is 61.4 Å². The standard InChI is InChI=1S/C44H41N3O2.Pt/c1-23-13-25(3)30-20-39-44(9,22-29(30)14-23)46-42(49-39)31-19-37(27(5)17-26(31)4)48-38-21-36-32(18-28(38)6)33-15-24(2)16-35-40(33)47(36)41-34(43(35,7)8)11-10-12-45-41;/h10-18,39H,20,22H2,1-9H3;/q-2;+2/t39-,44-;/m0./s1/i22D2;. The van der Waals surface area contributed by atoms with Gasteiger partial charge in [0.25, 0.3) is 0 Å².